The lowest BCUT2D eigenvalue weighted by Gasteiger charge is -2.31. The largest absolute Gasteiger partial charge is 0.480 e. The lowest BCUT2D eigenvalue weighted by Crippen LogP contribution is -2.49. The second-order valence-electron chi connectivity index (χ2n) is 10.2. The number of rotatable bonds is 9. The molecule has 8 nitrogen and oxygen atoms in total. The number of hydrogen-bond acceptors (Lipinski definition) is 5. The van der Waals surface area contributed by atoms with Crippen LogP contribution in [0.1, 0.15) is 66.6 Å². The van der Waals surface area contributed by atoms with Crippen LogP contribution in [0.5, 0.6) is 0 Å². The van der Waals surface area contributed by atoms with Crippen LogP contribution in [0.25, 0.3) is 0 Å². The van der Waals surface area contributed by atoms with Crippen molar-refractivity contribution in [3.63, 3.8) is 0 Å². The zero-order chi connectivity index (χ0) is 30.3. The van der Waals surface area contributed by atoms with Crippen molar-refractivity contribution in [2.24, 2.45) is 5.92 Å². The summed E-state index contributed by atoms with van der Waals surface area (Å²) >= 11 is 0. The van der Waals surface area contributed by atoms with Gasteiger partial charge in [-0.3, -0.25) is 14.4 Å². The van der Waals surface area contributed by atoms with E-state index in [-0.39, 0.29) is 28.9 Å². The van der Waals surface area contributed by atoms with Crippen LogP contribution in [0.15, 0.2) is 41.3 Å². The zero-order valence-corrected chi connectivity index (χ0v) is 22.6. The number of carboxylic acid groups (broad SMARTS) is 1. The Balaban J connectivity index is 1.61. The van der Waals surface area contributed by atoms with Crippen LogP contribution in [0, 0.1) is 17.6 Å². The summed E-state index contributed by atoms with van der Waals surface area (Å²) in [5.74, 6) is -7.47. The van der Waals surface area contributed by atoms with E-state index in [1.165, 1.54) is 17.0 Å². The Morgan fingerprint density at radius 2 is 1.73 bits per heavy atom. The standard InChI is InChI=1S/C27H27F5N2O6S/c1-2-16-8-9-22(34(16)26(38)15-4-3-5-17(10-15)41(39,40)13-23(35)36)25(37)33-24(14-6-7-14)18-11-21(29)19(12-20(18)28)27(30,31)32/h3-5,10-12,14,16,22,24H,2,6-9,13H2,1H3,(H,33,37)(H,35,36)/t16-,22-,24?/m1/s1. The first-order chi connectivity index (χ1) is 19.1. The van der Waals surface area contributed by atoms with Gasteiger partial charge in [-0.1, -0.05) is 13.0 Å². The first-order valence-corrected chi connectivity index (χ1v) is 14.5. The maximum absolute atomic E-state index is 14.8. The molecule has 0 radical (unpaired) electrons. The monoisotopic (exact) mass is 602 g/mol. The number of halogens is 5. The van der Waals surface area contributed by atoms with Crippen LogP contribution >= 0.6 is 0 Å². The van der Waals surface area contributed by atoms with Gasteiger partial charge in [0.1, 0.15) is 17.7 Å². The number of alkyl halides is 3. The Kier molecular flexibility index (Phi) is 8.44. The number of carboxylic acids is 1. The summed E-state index contributed by atoms with van der Waals surface area (Å²) in [6, 6.07) is 2.68. The summed E-state index contributed by atoms with van der Waals surface area (Å²) < 4.78 is 93.1. The van der Waals surface area contributed by atoms with Gasteiger partial charge < -0.3 is 15.3 Å². The molecule has 2 aliphatic rings. The molecular formula is C27H27F5N2O6S. The molecule has 0 spiro atoms. The molecule has 1 saturated carbocycles. The summed E-state index contributed by atoms with van der Waals surface area (Å²) in [7, 11) is -4.24. The predicted octanol–water partition coefficient (Wildman–Crippen LogP) is 4.49. The van der Waals surface area contributed by atoms with E-state index < -0.39 is 80.4 Å². The average molecular weight is 603 g/mol. The van der Waals surface area contributed by atoms with E-state index in [0.717, 1.165) is 12.1 Å². The van der Waals surface area contributed by atoms with Crippen molar-refractivity contribution in [1.82, 2.24) is 10.2 Å². The molecule has 41 heavy (non-hydrogen) atoms. The van der Waals surface area contributed by atoms with Crippen molar-refractivity contribution in [3.8, 4) is 0 Å². The molecule has 2 aromatic rings. The number of amides is 2. The molecule has 0 bridgehead atoms. The average Bonchev–Trinajstić information content (AvgIpc) is 3.64. The lowest BCUT2D eigenvalue weighted by molar-refractivity contribution is -0.140. The second-order valence-corrected chi connectivity index (χ2v) is 12.2. The minimum atomic E-state index is -5.11. The molecule has 2 N–H and O–H groups in total. The first kappa shape index (κ1) is 30.4. The van der Waals surface area contributed by atoms with Crippen LogP contribution in [0.4, 0.5) is 22.0 Å². The van der Waals surface area contributed by atoms with Gasteiger partial charge in [-0.25, -0.2) is 17.2 Å². The van der Waals surface area contributed by atoms with Gasteiger partial charge in [0.25, 0.3) is 5.91 Å². The Labute approximate surface area is 232 Å². The minimum Gasteiger partial charge on any atom is -0.480 e. The van der Waals surface area contributed by atoms with Crippen molar-refractivity contribution >= 4 is 27.6 Å². The van der Waals surface area contributed by atoms with E-state index in [4.69, 9.17) is 5.11 Å². The molecule has 3 atom stereocenters. The molecule has 0 aromatic heterocycles. The molecule has 2 aromatic carbocycles. The maximum Gasteiger partial charge on any atom is 0.419 e. The molecular weight excluding hydrogens is 575 g/mol. The molecule has 1 aliphatic heterocycles. The summed E-state index contributed by atoms with van der Waals surface area (Å²) in [5, 5.41) is 11.5. The number of carbonyl (C=O) groups is 3. The Morgan fingerprint density at radius 3 is 2.32 bits per heavy atom. The van der Waals surface area contributed by atoms with Crippen molar-refractivity contribution in [1.29, 1.82) is 0 Å². The SMILES string of the molecule is CC[C@@H]1CC[C@H](C(=O)NC(c2cc(F)c(C(F)(F)F)cc2F)C2CC2)N1C(=O)c1cccc(S(=O)(=O)CC(=O)O)c1. The molecule has 1 heterocycles. The van der Waals surface area contributed by atoms with Crippen LogP contribution in [0.2, 0.25) is 0 Å². The zero-order valence-electron chi connectivity index (χ0n) is 21.7. The van der Waals surface area contributed by atoms with E-state index in [1.807, 2.05) is 0 Å². The van der Waals surface area contributed by atoms with Crippen LogP contribution < -0.4 is 5.32 Å². The van der Waals surface area contributed by atoms with Crippen LogP contribution in [0.3, 0.4) is 0 Å². The fraction of sp³-hybridized carbons (Fsp3) is 0.444. The van der Waals surface area contributed by atoms with Gasteiger partial charge in [0.2, 0.25) is 5.91 Å². The van der Waals surface area contributed by atoms with E-state index in [9.17, 15) is 44.8 Å². The van der Waals surface area contributed by atoms with Gasteiger partial charge in [-0.15, -0.1) is 0 Å². The van der Waals surface area contributed by atoms with E-state index in [0.29, 0.717) is 31.7 Å². The van der Waals surface area contributed by atoms with E-state index >= 15 is 0 Å². The number of likely N-dealkylation sites (tertiary alicyclic amines) is 1. The number of nitrogens with one attached hydrogen (secondary N) is 1. The van der Waals surface area contributed by atoms with E-state index in [2.05, 4.69) is 5.32 Å². The normalized spacial score (nSPS) is 20.1. The van der Waals surface area contributed by atoms with Gasteiger partial charge in [0.15, 0.2) is 15.6 Å². The quantitative estimate of drug-likeness (QED) is 0.408. The van der Waals surface area contributed by atoms with Gasteiger partial charge in [0, 0.05) is 17.2 Å². The third kappa shape index (κ3) is 6.52. The van der Waals surface area contributed by atoms with Crippen molar-refractivity contribution in [3.05, 3.63) is 64.7 Å². The summed E-state index contributed by atoms with van der Waals surface area (Å²) in [6.07, 6.45) is -3.00. The van der Waals surface area contributed by atoms with Gasteiger partial charge in [0.05, 0.1) is 16.5 Å². The minimum absolute atomic E-state index is 0.0656. The van der Waals surface area contributed by atoms with Gasteiger partial charge in [-0.05, 0) is 68.4 Å². The van der Waals surface area contributed by atoms with Gasteiger partial charge >= 0.3 is 12.1 Å². The molecule has 1 unspecified atom stereocenters. The number of benzene rings is 2. The fourth-order valence-electron chi connectivity index (χ4n) is 5.21. The second kappa shape index (κ2) is 11.4. The number of aliphatic carboxylic acids is 1. The van der Waals surface area contributed by atoms with Gasteiger partial charge in [-0.2, -0.15) is 13.2 Å². The topological polar surface area (TPSA) is 121 Å². The molecule has 1 saturated heterocycles. The summed E-state index contributed by atoms with van der Waals surface area (Å²) in [4.78, 5) is 38.9. The maximum atomic E-state index is 14.8. The number of hydrogen-bond donors (Lipinski definition) is 2. The van der Waals surface area contributed by atoms with Crippen molar-refractivity contribution in [2.45, 2.75) is 68.2 Å². The number of carbonyl (C=O) groups excluding carboxylic acids is 2. The van der Waals surface area contributed by atoms with Crippen molar-refractivity contribution < 1.29 is 49.9 Å². The highest BCUT2D eigenvalue weighted by Gasteiger charge is 2.44. The van der Waals surface area contributed by atoms with Crippen LogP contribution in [-0.4, -0.2) is 54.0 Å². The molecule has 2 fully saturated rings. The smallest absolute Gasteiger partial charge is 0.419 e. The molecule has 14 heteroatoms. The predicted molar refractivity (Wildman–Crippen MR) is 134 cm³/mol. The number of sulfone groups is 1. The molecule has 222 valence electrons. The fourth-order valence-corrected chi connectivity index (χ4v) is 6.30. The highest BCUT2D eigenvalue weighted by molar-refractivity contribution is 7.92. The third-order valence-corrected chi connectivity index (χ3v) is 8.98. The summed E-state index contributed by atoms with van der Waals surface area (Å²) in [5.41, 5.74) is -2.28. The number of nitrogens with zero attached hydrogens (tertiary/aromatic N) is 1. The van der Waals surface area contributed by atoms with Crippen molar-refractivity contribution in [2.75, 3.05) is 5.75 Å². The Hall–Kier alpha value is -3.55. The highest BCUT2D eigenvalue weighted by Crippen LogP contribution is 2.43. The summed E-state index contributed by atoms with van der Waals surface area (Å²) in [6.45, 7) is 1.78. The van der Waals surface area contributed by atoms with E-state index in [1.54, 1.807) is 6.92 Å². The lowest BCUT2D eigenvalue weighted by atomic mass is 9.98. The Bertz CT molecular complexity index is 1480. The highest BCUT2D eigenvalue weighted by atomic mass is 32.2. The Morgan fingerprint density at radius 1 is 1.05 bits per heavy atom. The first-order valence-electron chi connectivity index (χ1n) is 12.9. The van der Waals surface area contributed by atoms with Crippen LogP contribution in [-0.2, 0) is 25.6 Å². The molecule has 2 amide bonds. The molecule has 4 rings (SSSR count). The third-order valence-electron chi connectivity index (χ3n) is 7.38. The molecule has 1 aliphatic carbocycles.